The molecule has 2 aliphatic rings. The number of nitrogens with zero attached hydrogens (tertiary/aromatic N) is 8. The van der Waals surface area contributed by atoms with Crippen LogP contribution in [-0.2, 0) is 22.1 Å². The summed E-state index contributed by atoms with van der Waals surface area (Å²) in [5.41, 5.74) is 1.01. The molecule has 1 aromatic carbocycles. The Balaban J connectivity index is 1.50. The number of carbonyl (C=O) groups excluding carboxylic acids is 1. The molecule has 42 heavy (non-hydrogen) atoms. The van der Waals surface area contributed by atoms with Crippen LogP contribution < -0.4 is 4.90 Å². The Kier molecular flexibility index (Phi) is 7.09. The molecule has 2 saturated heterocycles. The summed E-state index contributed by atoms with van der Waals surface area (Å²) in [5.74, 6) is 2.64. The Bertz CT molecular complexity index is 1630. The van der Waals surface area contributed by atoms with Crippen molar-refractivity contribution >= 4 is 34.1 Å². The maximum absolute atomic E-state index is 12.9. The molecule has 1 N–H and O–H groups in total. The molecule has 1 unspecified atom stereocenters. The van der Waals surface area contributed by atoms with E-state index in [9.17, 15) is 9.90 Å². The van der Waals surface area contributed by atoms with Gasteiger partial charge in [-0.1, -0.05) is 26.0 Å². The molecule has 0 bridgehead atoms. The van der Waals surface area contributed by atoms with Crippen molar-refractivity contribution in [2.24, 2.45) is 7.05 Å². The molecule has 12 heteroatoms. The minimum Gasteiger partial charge on any atom is -0.444 e. The molecular formula is C30H40N8O4. The smallest absolute Gasteiger partial charge is 0.410 e. The summed E-state index contributed by atoms with van der Waals surface area (Å²) < 4.78 is 15.1. The van der Waals surface area contributed by atoms with E-state index in [1.165, 1.54) is 0 Å². The minimum atomic E-state index is -1.38. The Labute approximate surface area is 245 Å². The Morgan fingerprint density at radius 3 is 2.52 bits per heavy atom. The maximum Gasteiger partial charge on any atom is 0.410 e. The molecule has 2 aliphatic heterocycles. The van der Waals surface area contributed by atoms with Gasteiger partial charge in [-0.05, 0) is 45.7 Å². The number of hydrogen-bond acceptors (Lipinski definition) is 9. The topological polar surface area (TPSA) is 124 Å². The van der Waals surface area contributed by atoms with E-state index in [0.29, 0.717) is 74.4 Å². The largest absolute Gasteiger partial charge is 0.444 e. The van der Waals surface area contributed by atoms with Crippen LogP contribution in [0.3, 0.4) is 0 Å². The molecule has 2 fully saturated rings. The van der Waals surface area contributed by atoms with Crippen LogP contribution in [0.5, 0.6) is 0 Å². The number of amides is 1. The first-order chi connectivity index (χ1) is 19.9. The fraction of sp³-hybridized carbons (Fsp3) is 0.567. The van der Waals surface area contributed by atoms with Gasteiger partial charge in [-0.3, -0.25) is 4.57 Å². The molecule has 0 aliphatic carbocycles. The lowest BCUT2D eigenvalue weighted by atomic mass is 9.92. The predicted molar refractivity (Wildman–Crippen MR) is 159 cm³/mol. The number of rotatable bonds is 4. The number of hydrogen-bond donors (Lipinski definition) is 1. The zero-order valence-corrected chi connectivity index (χ0v) is 25.3. The monoisotopic (exact) mass is 576 g/mol. The van der Waals surface area contributed by atoms with Crippen LogP contribution in [0.25, 0.3) is 28.1 Å². The van der Waals surface area contributed by atoms with Gasteiger partial charge in [0.1, 0.15) is 22.9 Å². The number of carbonyl (C=O) groups is 1. The highest BCUT2D eigenvalue weighted by atomic mass is 16.6. The van der Waals surface area contributed by atoms with Crippen LogP contribution in [0.15, 0.2) is 24.3 Å². The number of fused-ring (bicyclic) bond motifs is 2. The van der Waals surface area contributed by atoms with Crippen LogP contribution in [0, 0.1) is 0 Å². The number of para-hydroxylation sites is 2. The van der Waals surface area contributed by atoms with Crippen LogP contribution in [0.1, 0.15) is 65.0 Å². The molecule has 0 radical (unpaired) electrons. The standard InChI is InChI=1S/C30H40N8O4/c1-19(2)23-31-20-10-7-8-11-21(20)38(23)27-33-24-22(25(34-27)36-14-16-41-17-15-36)32-26(35(24)6)30(40)12-9-13-37(18-30)28(39)42-29(3,4)5/h7-8,10-11,19,40H,9,12-18H2,1-6H3. The fourth-order valence-corrected chi connectivity index (χ4v) is 5.89. The summed E-state index contributed by atoms with van der Waals surface area (Å²) in [4.78, 5) is 36.7. The molecule has 1 atom stereocenters. The summed E-state index contributed by atoms with van der Waals surface area (Å²) in [6.07, 6.45) is 0.634. The number of imidazole rings is 2. The van der Waals surface area contributed by atoms with E-state index < -0.39 is 17.3 Å². The highest BCUT2D eigenvalue weighted by Crippen LogP contribution is 2.36. The highest BCUT2D eigenvalue weighted by molar-refractivity contribution is 5.86. The number of benzene rings is 1. The van der Waals surface area contributed by atoms with Crippen molar-refractivity contribution in [3.63, 3.8) is 0 Å². The van der Waals surface area contributed by atoms with Crippen LogP contribution >= 0.6 is 0 Å². The summed E-state index contributed by atoms with van der Waals surface area (Å²) in [6.45, 7) is 12.8. The van der Waals surface area contributed by atoms with Gasteiger partial charge in [0.15, 0.2) is 17.0 Å². The second-order valence-electron chi connectivity index (χ2n) is 12.6. The second kappa shape index (κ2) is 10.5. The third-order valence-corrected chi connectivity index (χ3v) is 7.84. The van der Waals surface area contributed by atoms with Crippen LogP contribution in [0.2, 0.25) is 0 Å². The normalized spacial score (nSPS) is 20.2. The SMILES string of the molecule is CC(C)c1nc2ccccc2n1-c1nc(N2CCOCC2)c2nc(C3(O)CCCN(C(=O)OC(C)(C)C)C3)n(C)c2n1. The highest BCUT2D eigenvalue weighted by Gasteiger charge is 2.42. The van der Waals surface area contributed by atoms with Gasteiger partial charge in [0.05, 0.1) is 30.8 Å². The van der Waals surface area contributed by atoms with Gasteiger partial charge in [-0.2, -0.15) is 9.97 Å². The number of piperidine rings is 1. The summed E-state index contributed by atoms with van der Waals surface area (Å²) in [6, 6.07) is 7.99. The first kappa shape index (κ1) is 28.4. The minimum absolute atomic E-state index is 0.0793. The van der Waals surface area contributed by atoms with Gasteiger partial charge in [0.2, 0.25) is 5.95 Å². The fourth-order valence-electron chi connectivity index (χ4n) is 5.89. The van der Waals surface area contributed by atoms with Crippen molar-refractivity contribution in [2.45, 2.75) is 64.6 Å². The maximum atomic E-state index is 12.9. The summed E-state index contributed by atoms with van der Waals surface area (Å²) >= 11 is 0. The molecule has 6 rings (SSSR count). The lowest BCUT2D eigenvalue weighted by molar-refractivity contribution is -0.0526. The number of likely N-dealkylation sites (tertiary alicyclic amines) is 1. The van der Waals surface area contributed by atoms with E-state index in [-0.39, 0.29) is 12.5 Å². The number of aryl methyl sites for hydroxylation is 1. The average Bonchev–Trinajstić information content (AvgIpc) is 3.51. The van der Waals surface area contributed by atoms with Gasteiger partial charge >= 0.3 is 6.09 Å². The van der Waals surface area contributed by atoms with E-state index in [2.05, 4.69) is 18.7 Å². The van der Waals surface area contributed by atoms with Gasteiger partial charge in [0, 0.05) is 32.6 Å². The molecule has 1 amide bonds. The lowest BCUT2D eigenvalue weighted by Crippen LogP contribution is -2.50. The molecule has 224 valence electrons. The molecule has 5 heterocycles. The number of aliphatic hydroxyl groups is 1. The quantitative estimate of drug-likeness (QED) is 0.385. The first-order valence-electron chi connectivity index (χ1n) is 14.7. The van der Waals surface area contributed by atoms with E-state index >= 15 is 0 Å². The average molecular weight is 577 g/mol. The third kappa shape index (κ3) is 5.06. The van der Waals surface area contributed by atoms with Gasteiger partial charge in [-0.25, -0.2) is 14.8 Å². The van der Waals surface area contributed by atoms with Gasteiger partial charge in [0.25, 0.3) is 0 Å². The molecular weight excluding hydrogens is 536 g/mol. The number of morpholine rings is 1. The van der Waals surface area contributed by atoms with Crippen molar-refractivity contribution in [1.82, 2.24) is 34.0 Å². The zero-order valence-electron chi connectivity index (χ0n) is 25.3. The molecule has 0 saturated carbocycles. The summed E-state index contributed by atoms with van der Waals surface area (Å²) in [5, 5.41) is 12.0. The Morgan fingerprint density at radius 1 is 1.07 bits per heavy atom. The predicted octanol–water partition coefficient (Wildman–Crippen LogP) is 3.88. The molecule has 4 aromatic rings. The van der Waals surface area contributed by atoms with Gasteiger partial charge in [-0.15, -0.1) is 0 Å². The number of β-amino-alcohol motifs (C(OH)–C–C–N with tert-alkyl or cyclic N) is 1. The van der Waals surface area contributed by atoms with Crippen LogP contribution in [0.4, 0.5) is 10.6 Å². The van der Waals surface area contributed by atoms with Crippen molar-refractivity contribution in [2.75, 3.05) is 44.3 Å². The first-order valence-corrected chi connectivity index (χ1v) is 14.7. The van der Waals surface area contributed by atoms with E-state index in [4.69, 9.17) is 29.4 Å². The van der Waals surface area contributed by atoms with Crippen LogP contribution in [-0.4, -0.2) is 90.2 Å². The number of aromatic nitrogens is 6. The van der Waals surface area contributed by atoms with E-state index in [0.717, 1.165) is 16.9 Å². The third-order valence-electron chi connectivity index (χ3n) is 7.84. The van der Waals surface area contributed by atoms with Crippen molar-refractivity contribution < 1.29 is 19.4 Å². The van der Waals surface area contributed by atoms with Gasteiger partial charge < -0.3 is 28.9 Å². The Morgan fingerprint density at radius 2 is 1.81 bits per heavy atom. The summed E-state index contributed by atoms with van der Waals surface area (Å²) in [7, 11) is 1.87. The zero-order chi connectivity index (χ0) is 29.8. The second-order valence-corrected chi connectivity index (χ2v) is 12.6. The Hall–Kier alpha value is -3.77. The molecule has 12 nitrogen and oxygen atoms in total. The lowest BCUT2D eigenvalue weighted by Gasteiger charge is -2.39. The van der Waals surface area contributed by atoms with E-state index in [1.807, 2.05) is 61.2 Å². The number of ether oxygens (including phenoxy) is 2. The van der Waals surface area contributed by atoms with Crippen molar-refractivity contribution in [3.05, 3.63) is 35.9 Å². The number of anilines is 1. The molecule has 3 aromatic heterocycles. The van der Waals surface area contributed by atoms with E-state index in [1.54, 1.807) is 4.90 Å². The van der Waals surface area contributed by atoms with Crippen molar-refractivity contribution in [1.29, 1.82) is 0 Å². The molecule has 0 spiro atoms. The van der Waals surface area contributed by atoms with Crippen molar-refractivity contribution in [3.8, 4) is 5.95 Å².